The second kappa shape index (κ2) is 5.87. The lowest BCUT2D eigenvalue weighted by atomic mass is 10.1. The zero-order valence-corrected chi connectivity index (χ0v) is 13.4. The zero-order valence-electron chi connectivity index (χ0n) is 13.4. The average molecular weight is 331 g/mol. The monoisotopic (exact) mass is 331 g/mol. The van der Waals surface area contributed by atoms with Crippen LogP contribution in [0.5, 0.6) is 0 Å². The number of hydrogen-bond donors (Lipinski definition) is 0. The summed E-state index contributed by atoms with van der Waals surface area (Å²) in [6.07, 6.45) is 2.71. The van der Waals surface area contributed by atoms with Crippen LogP contribution >= 0.6 is 0 Å². The first-order chi connectivity index (χ1) is 12.1. The van der Waals surface area contributed by atoms with Gasteiger partial charge in [-0.05, 0) is 37.3 Å². The summed E-state index contributed by atoms with van der Waals surface area (Å²) in [5.74, 6) is -0.371. The average Bonchev–Trinajstić information content (AvgIpc) is 2.99. The highest BCUT2D eigenvalue weighted by Gasteiger charge is 2.24. The lowest BCUT2D eigenvalue weighted by Gasteiger charge is -1.99. The van der Waals surface area contributed by atoms with E-state index in [9.17, 15) is 9.59 Å². The number of esters is 1. The van der Waals surface area contributed by atoms with Crippen molar-refractivity contribution in [3.8, 4) is 0 Å². The van der Waals surface area contributed by atoms with Gasteiger partial charge in [0.1, 0.15) is 11.8 Å². The van der Waals surface area contributed by atoms with Gasteiger partial charge in [0.05, 0.1) is 10.9 Å². The van der Waals surface area contributed by atoms with E-state index < -0.39 is 5.97 Å². The fourth-order valence-electron chi connectivity index (χ4n) is 2.57. The van der Waals surface area contributed by atoms with Gasteiger partial charge >= 0.3 is 5.97 Å². The van der Waals surface area contributed by atoms with E-state index in [1.54, 1.807) is 24.3 Å². The predicted molar refractivity (Wildman–Crippen MR) is 94.3 cm³/mol. The zero-order chi connectivity index (χ0) is 17.4. The van der Waals surface area contributed by atoms with Crippen molar-refractivity contribution >= 4 is 28.9 Å². The van der Waals surface area contributed by atoms with E-state index >= 15 is 0 Å². The van der Waals surface area contributed by atoms with Crippen LogP contribution in [-0.2, 0) is 9.53 Å². The Balaban J connectivity index is 1.76. The molecule has 0 aliphatic carbocycles. The smallest absolute Gasteiger partial charge is 0.363 e. The highest BCUT2D eigenvalue weighted by molar-refractivity contribution is 6.12. The van der Waals surface area contributed by atoms with Crippen molar-refractivity contribution in [2.75, 3.05) is 0 Å². The molecule has 0 bridgehead atoms. The number of nitrogens with zero attached hydrogens (tertiary/aromatic N) is 1. The van der Waals surface area contributed by atoms with E-state index in [2.05, 4.69) is 4.99 Å². The molecule has 1 aliphatic heterocycles. The summed E-state index contributed by atoms with van der Waals surface area (Å²) in [4.78, 5) is 28.8. The van der Waals surface area contributed by atoms with Crippen molar-refractivity contribution < 1.29 is 13.9 Å². The molecular formula is C20H13NO4. The van der Waals surface area contributed by atoms with Gasteiger partial charge in [-0.1, -0.05) is 29.8 Å². The van der Waals surface area contributed by atoms with Crippen LogP contribution in [0.3, 0.4) is 0 Å². The summed E-state index contributed by atoms with van der Waals surface area (Å²) in [6.45, 7) is 1.97. The third kappa shape index (κ3) is 2.76. The van der Waals surface area contributed by atoms with Gasteiger partial charge in [-0.2, -0.15) is 0 Å². The quantitative estimate of drug-likeness (QED) is 0.533. The molecular weight excluding hydrogens is 318 g/mol. The number of carbonyl (C=O) groups is 1. The first-order valence-corrected chi connectivity index (χ1v) is 7.72. The molecule has 0 N–H and O–H groups in total. The Hall–Kier alpha value is -3.47. The Morgan fingerprint density at radius 2 is 1.76 bits per heavy atom. The summed E-state index contributed by atoms with van der Waals surface area (Å²) in [5, 5.41) is 0.450. The van der Waals surface area contributed by atoms with Gasteiger partial charge in [0.15, 0.2) is 11.1 Å². The number of fused-ring (bicyclic) bond motifs is 1. The number of cyclic esters (lactones) is 1. The van der Waals surface area contributed by atoms with E-state index in [0.29, 0.717) is 16.5 Å². The molecule has 2 aromatic carbocycles. The minimum Gasteiger partial charge on any atom is -0.463 e. The van der Waals surface area contributed by atoms with E-state index in [0.717, 1.165) is 5.56 Å². The van der Waals surface area contributed by atoms with Crippen LogP contribution < -0.4 is 5.43 Å². The van der Waals surface area contributed by atoms with Gasteiger partial charge < -0.3 is 9.15 Å². The fraction of sp³-hybridized carbons (Fsp3) is 0.0500. The molecule has 5 heteroatoms. The van der Waals surface area contributed by atoms with Gasteiger partial charge in [0.2, 0.25) is 5.90 Å². The highest BCUT2D eigenvalue weighted by atomic mass is 16.6. The third-order valence-electron chi connectivity index (χ3n) is 3.92. The minimum atomic E-state index is -0.594. The molecule has 0 fully saturated rings. The van der Waals surface area contributed by atoms with Crippen LogP contribution in [0.2, 0.25) is 0 Å². The molecule has 0 amide bonds. The van der Waals surface area contributed by atoms with Crippen LogP contribution in [-0.4, -0.2) is 11.9 Å². The van der Waals surface area contributed by atoms with Gasteiger partial charge in [-0.15, -0.1) is 0 Å². The van der Waals surface area contributed by atoms with E-state index in [4.69, 9.17) is 9.15 Å². The summed E-state index contributed by atoms with van der Waals surface area (Å²) in [6, 6.07) is 14.4. The van der Waals surface area contributed by atoms with Gasteiger partial charge in [-0.3, -0.25) is 4.79 Å². The molecule has 0 atom stereocenters. The first kappa shape index (κ1) is 15.1. The van der Waals surface area contributed by atoms with Gasteiger partial charge in [0.25, 0.3) is 0 Å². The number of benzene rings is 2. The van der Waals surface area contributed by atoms with Crippen LogP contribution in [0.4, 0.5) is 0 Å². The highest BCUT2D eigenvalue weighted by Crippen LogP contribution is 2.19. The lowest BCUT2D eigenvalue weighted by molar-refractivity contribution is -0.129. The Morgan fingerprint density at radius 1 is 1.00 bits per heavy atom. The number of para-hydroxylation sites is 1. The Morgan fingerprint density at radius 3 is 2.56 bits per heavy atom. The maximum Gasteiger partial charge on any atom is 0.363 e. The second-order valence-corrected chi connectivity index (χ2v) is 5.72. The molecule has 0 radical (unpaired) electrons. The standard InChI is InChI=1S/C20H13NO4/c1-12-6-8-13(9-7-12)19-21-16(20(23)25-19)10-14-11-24-17-5-3-2-4-15(17)18(14)22/h2-11H,1H3. The molecule has 2 heterocycles. The molecule has 25 heavy (non-hydrogen) atoms. The van der Waals surface area contributed by atoms with Crippen LogP contribution in [0.1, 0.15) is 16.7 Å². The largest absolute Gasteiger partial charge is 0.463 e. The summed E-state index contributed by atoms with van der Waals surface area (Å²) >= 11 is 0. The van der Waals surface area contributed by atoms with Crippen LogP contribution in [0.25, 0.3) is 17.0 Å². The molecule has 0 saturated heterocycles. The SMILES string of the molecule is Cc1ccc(C2=NC(=Cc3coc4ccccc4c3=O)C(=O)O2)cc1. The number of hydrogen-bond acceptors (Lipinski definition) is 5. The molecule has 0 unspecified atom stereocenters. The number of aryl methyl sites for hydroxylation is 1. The maximum atomic E-state index is 12.5. The molecule has 3 aromatic rings. The minimum absolute atomic E-state index is 0.0677. The second-order valence-electron chi connectivity index (χ2n) is 5.72. The van der Waals surface area contributed by atoms with E-state index in [-0.39, 0.29) is 22.6 Å². The molecule has 4 rings (SSSR count). The maximum absolute atomic E-state index is 12.5. The van der Waals surface area contributed by atoms with Gasteiger partial charge in [0, 0.05) is 5.56 Å². The first-order valence-electron chi connectivity index (χ1n) is 7.72. The van der Waals surface area contributed by atoms with Crippen molar-refractivity contribution in [3.63, 3.8) is 0 Å². The number of rotatable bonds is 2. The molecule has 0 spiro atoms. The normalized spacial score (nSPS) is 15.5. The molecule has 1 aliphatic rings. The third-order valence-corrected chi connectivity index (χ3v) is 3.92. The van der Waals surface area contributed by atoms with Crippen molar-refractivity contribution in [1.82, 2.24) is 0 Å². The summed E-state index contributed by atoms with van der Waals surface area (Å²) in [7, 11) is 0. The fourth-order valence-corrected chi connectivity index (χ4v) is 2.57. The van der Waals surface area contributed by atoms with E-state index in [1.807, 2.05) is 31.2 Å². The molecule has 122 valence electrons. The van der Waals surface area contributed by atoms with Crippen molar-refractivity contribution in [2.24, 2.45) is 4.99 Å². The number of ether oxygens (including phenoxy) is 1. The van der Waals surface area contributed by atoms with Crippen molar-refractivity contribution in [2.45, 2.75) is 6.92 Å². The molecule has 0 saturated carbocycles. The Kier molecular flexibility index (Phi) is 3.54. The molecule has 5 nitrogen and oxygen atoms in total. The number of aliphatic imine (C=N–C) groups is 1. The predicted octanol–water partition coefficient (Wildman–Crippen LogP) is 3.45. The Bertz CT molecular complexity index is 1100. The summed E-state index contributed by atoms with van der Waals surface area (Å²) < 4.78 is 10.7. The van der Waals surface area contributed by atoms with Crippen LogP contribution in [0.15, 0.2) is 74.7 Å². The van der Waals surface area contributed by atoms with Crippen molar-refractivity contribution in [1.29, 1.82) is 0 Å². The van der Waals surface area contributed by atoms with E-state index in [1.165, 1.54) is 12.3 Å². The van der Waals surface area contributed by atoms with Gasteiger partial charge in [-0.25, -0.2) is 9.79 Å². The Labute approximate surface area is 142 Å². The lowest BCUT2D eigenvalue weighted by Crippen LogP contribution is -2.07. The van der Waals surface area contributed by atoms with Crippen LogP contribution in [0, 0.1) is 6.92 Å². The topological polar surface area (TPSA) is 68.9 Å². The number of carbonyl (C=O) groups excluding carboxylic acids is 1. The summed E-state index contributed by atoms with van der Waals surface area (Å²) in [5.41, 5.74) is 2.39. The molecule has 1 aromatic heterocycles. The van der Waals surface area contributed by atoms with Crippen molar-refractivity contribution in [3.05, 3.63) is 87.4 Å².